The lowest BCUT2D eigenvalue weighted by molar-refractivity contribution is -0.114. The number of rotatable bonds is 4. The zero-order valence-electron chi connectivity index (χ0n) is 10.4. The molecule has 0 heterocycles. The van der Waals surface area contributed by atoms with Crippen LogP contribution in [0.1, 0.15) is 24.2 Å². The number of ether oxygens (including phenoxy) is 2. The number of hydrogen-bond donors (Lipinski definition) is 1. The summed E-state index contributed by atoms with van der Waals surface area (Å²) < 4.78 is 9.94. The number of carbonyl (C=O) groups is 2. The Bertz CT molecular complexity index is 473. The van der Waals surface area contributed by atoms with Crippen molar-refractivity contribution in [2.75, 3.05) is 19.0 Å². The monoisotopic (exact) mass is 271 g/mol. The highest BCUT2D eigenvalue weighted by molar-refractivity contribution is 6.34. The lowest BCUT2D eigenvalue weighted by Gasteiger charge is -2.13. The molecule has 6 heteroatoms. The molecule has 1 rings (SSSR count). The summed E-state index contributed by atoms with van der Waals surface area (Å²) in [4.78, 5) is 22.6. The van der Waals surface area contributed by atoms with Gasteiger partial charge in [-0.1, -0.05) is 11.6 Å². The van der Waals surface area contributed by atoms with E-state index in [1.54, 1.807) is 6.92 Å². The van der Waals surface area contributed by atoms with Crippen LogP contribution in [0.5, 0.6) is 5.75 Å². The SMILES string of the molecule is CCOc1cc(Cl)c(C(=O)OC)cc1NC(C)=O. The second-order valence-electron chi connectivity index (χ2n) is 3.43. The number of methoxy groups -OCH3 is 1. The molecular weight excluding hydrogens is 258 g/mol. The zero-order chi connectivity index (χ0) is 13.7. The highest BCUT2D eigenvalue weighted by atomic mass is 35.5. The summed E-state index contributed by atoms with van der Waals surface area (Å²) in [6.07, 6.45) is 0. The van der Waals surface area contributed by atoms with Crippen molar-refractivity contribution in [3.8, 4) is 5.75 Å². The van der Waals surface area contributed by atoms with E-state index in [1.165, 1.54) is 26.2 Å². The van der Waals surface area contributed by atoms with Crippen molar-refractivity contribution in [3.05, 3.63) is 22.7 Å². The van der Waals surface area contributed by atoms with Crippen molar-refractivity contribution in [3.63, 3.8) is 0 Å². The summed E-state index contributed by atoms with van der Waals surface area (Å²) >= 11 is 5.95. The van der Waals surface area contributed by atoms with Gasteiger partial charge in [0.1, 0.15) is 5.75 Å². The Morgan fingerprint density at radius 3 is 2.56 bits per heavy atom. The largest absolute Gasteiger partial charge is 0.492 e. The maximum atomic E-state index is 11.5. The smallest absolute Gasteiger partial charge is 0.339 e. The minimum Gasteiger partial charge on any atom is -0.492 e. The fourth-order valence-electron chi connectivity index (χ4n) is 1.38. The van der Waals surface area contributed by atoms with E-state index in [0.717, 1.165) is 0 Å². The van der Waals surface area contributed by atoms with Crippen LogP contribution in [0.2, 0.25) is 5.02 Å². The Labute approximate surface area is 110 Å². The summed E-state index contributed by atoms with van der Waals surface area (Å²) in [5.41, 5.74) is 0.556. The second kappa shape index (κ2) is 6.26. The number of esters is 1. The molecule has 5 nitrogen and oxygen atoms in total. The van der Waals surface area contributed by atoms with E-state index >= 15 is 0 Å². The van der Waals surface area contributed by atoms with Gasteiger partial charge in [0.15, 0.2) is 0 Å². The lowest BCUT2D eigenvalue weighted by atomic mass is 10.2. The molecular formula is C12H14ClNO4. The number of amides is 1. The topological polar surface area (TPSA) is 64.6 Å². The van der Waals surface area contributed by atoms with E-state index in [0.29, 0.717) is 18.0 Å². The van der Waals surface area contributed by atoms with Gasteiger partial charge in [0.25, 0.3) is 0 Å². The van der Waals surface area contributed by atoms with Crippen LogP contribution in [0.25, 0.3) is 0 Å². The predicted octanol–water partition coefficient (Wildman–Crippen LogP) is 2.48. The minimum absolute atomic E-state index is 0.173. The number of carbonyl (C=O) groups excluding carboxylic acids is 2. The van der Waals surface area contributed by atoms with Gasteiger partial charge in [0, 0.05) is 13.0 Å². The predicted molar refractivity (Wildman–Crippen MR) is 68.3 cm³/mol. The van der Waals surface area contributed by atoms with Crippen molar-refractivity contribution in [1.82, 2.24) is 0 Å². The van der Waals surface area contributed by atoms with Crippen LogP contribution in [-0.4, -0.2) is 25.6 Å². The van der Waals surface area contributed by atoms with Crippen LogP contribution in [0.4, 0.5) is 5.69 Å². The van der Waals surface area contributed by atoms with Crippen LogP contribution >= 0.6 is 11.6 Å². The first-order valence-corrected chi connectivity index (χ1v) is 5.69. The molecule has 1 amide bonds. The Balaban J connectivity index is 3.25. The van der Waals surface area contributed by atoms with Crippen LogP contribution in [-0.2, 0) is 9.53 Å². The Hall–Kier alpha value is -1.75. The maximum absolute atomic E-state index is 11.5. The first-order valence-electron chi connectivity index (χ1n) is 5.31. The molecule has 0 aromatic heterocycles. The number of benzene rings is 1. The molecule has 0 aliphatic rings. The summed E-state index contributed by atoms with van der Waals surface area (Å²) in [7, 11) is 1.26. The van der Waals surface area contributed by atoms with Crippen molar-refractivity contribution in [2.24, 2.45) is 0 Å². The van der Waals surface area contributed by atoms with Crippen LogP contribution < -0.4 is 10.1 Å². The highest BCUT2D eigenvalue weighted by Crippen LogP contribution is 2.32. The molecule has 98 valence electrons. The Morgan fingerprint density at radius 1 is 1.39 bits per heavy atom. The van der Waals surface area contributed by atoms with Crippen LogP contribution in [0, 0.1) is 0 Å². The lowest BCUT2D eigenvalue weighted by Crippen LogP contribution is -2.10. The molecule has 1 aromatic carbocycles. The van der Waals surface area contributed by atoms with E-state index in [4.69, 9.17) is 16.3 Å². The van der Waals surface area contributed by atoms with Crippen molar-refractivity contribution in [2.45, 2.75) is 13.8 Å². The number of hydrogen-bond acceptors (Lipinski definition) is 4. The van der Waals surface area contributed by atoms with Gasteiger partial charge < -0.3 is 14.8 Å². The standard InChI is InChI=1S/C12H14ClNO4/c1-4-18-11-6-9(13)8(12(16)17-3)5-10(11)14-7(2)15/h5-6H,4H2,1-3H3,(H,14,15). The van der Waals surface area contributed by atoms with Gasteiger partial charge in [-0.2, -0.15) is 0 Å². The number of halogens is 1. The normalized spacial score (nSPS) is 9.78. The summed E-state index contributed by atoms with van der Waals surface area (Å²) in [5, 5.41) is 2.78. The van der Waals surface area contributed by atoms with Crippen LogP contribution in [0.3, 0.4) is 0 Å². The molecule has 1 N–H and O–H groups in total. The van der Waals surface area contributed by atoms with E-state index in [1.807, 2.05) is 0 Å². The molecule has 1 aromatic rings. The van der Waals surface area contributed by atoms with Gasteiger partial charge in [-0.3, -0.25) is 4.79 Å². The number of anilines is 1. The average molecular weight is 272 g/mol. The highest BCUT2D eigenvalue weighted by Gasteiger charge is 2.16. The van der Waals surface area contributed by atoms with Crippen LogP contribution in [0.15, 0.2) is 12.1 Å². The molecule has 0 saturated carbocycles. The fraction of sp³-hybridized carbons (Fsp3) is 0.333. The molecule has 0 atom stereocenters. The summed E-state index contributed by atoms with van der Waals surface area (Å²) in [5.74, 6) is -0.436. The molecule has 0 bridgehead atoms. The van der Waals surface area contributed by atoms with Gasteiger partial charge in [-0.05, 0) is 13.0 Å². The summed E-state index contributed by atoms with van der Waals surface area (Å²) in [6, 6.07) is 2.91. The average Bonchev–Trinajstić information content (AvgIpc) is 2.31. The zero-order valence-corrected chi connectivity index (χ0v) is 11.1. The van der Waals surface area contributed by atoms with Gasteiger partial charge >= 0.3 is 5.97 Å². The van der Waals surface area contributed by atoms with Crippen molar-refractivity contribution in [1.29, 1.82) is 0 Å². The Kier molecular flexibility index (Phi) is 4.97. The molecule has 0 fully saturated rings. The summed E-state index contributed by atoms with van der Waals surface area (Å²) in [6.45, 7) is 3.59. The van der Waals surface area contributed by atoms with E-state index < -0.39 is 5.97 Å². The third kappa shape index (κ3) is 3.37. The molecule has 0 aliphatic heterocycles. The first-order chi connectivity index (χ1) is 8.49. The quantitative estimate of drug-likeness (QED) is 0.855. The molecule has 0 radical (unpaired) electrons. The molecule has 0 spiro atoms. The second-order valence-corrected chi connectivity index (χ2v) is 3.84. The molecule has 0 saturated heterocycles. The van der Waals surface area contributed by atoms with E-state index in [-0.39, 0.29) is 16.5 Å². The van der Waals surface area contributed by atoms with Crippen molar-refractivity contribution >= 4 is 29.2 Å². The van der Waals surface area contributed by atoms with Crippen molar-refractivity contribution < 1.29 is 19.1 Å². The third-order valence-electron chi connectivity index (χ3n) is 2.09. The van der Waals surface area contributed by atoms with Gasteiger partial charge in [0.2, 0.25) is 5.91 Å². The van der Waals surface area contributed by atoms with E-state index in [9.17, 15) is 9.59 Å². The fourth-order valence-corrected chi connectivity index (χ4v) is 1.61. The number of nitrogens with one attached hydrogen (secondary N) is 1. The third-order valence-corrected chi connectivity index (χ3v) is 2.40. The van der Waals surface area contributed by atoms with Gasteiger partial charge in [-0.25, -0.2) is 4.79 Å². The van der Waals surface area contributed by atoms with E-state index in [2.05, 4.69) is 10.1 Å². The maximum Gasteiger partial charge on any atom is 0.339 e. The minimum atomic E-state index is -0.574. The van der Waals surface area contributed by atoms with Gasteiger partial charge in [-0.15, -0.1) is 0 Å². The first kappa shape index (κ1) is 14.3. The molecule has 0 unspecified atom stereocenters. The Morgan fingerprint density at radius 2 is 2.06 bits per heavy atom. The molecule has 18 heavy (non-hydrogen) atoms. The van der Waals surface area contributed by atoms with Gasteiger partial charge in [0.05, 0.1) is 30.0 Å². The molecule has 0 aliphatic carbocycles.